The van der Waals surface area contributed by atoms with Gasteiger partial charge in [0.2, 0.25) is 0 Å². The Morgan fingerprint density at radius 3 is 2.50 bits per heavy atom. The molecule has 0 bridgehead atoms. The molecule has 0 aliphatic carbocycles. The molecule has 0 saturated carbocycles. The number of benzene rings is 1. The summed E-state index contributed by atoms with van der Waals surface area (Å²) in [5, 5.41) is 9.64. The van der Waals surface area contributed by atoms with Gasteiger partial charge in [0.05, 0.1) is 7.11 Å². The smallest absolute Gasteiger partial charge is 0.121 e. The van der Waals surface area contributed by atoms with Crippen LogP contribution >= 0.6 is 0 Å². The minimum Gasteiger partial charge on any atom is -0.496 e. The van der Waals surface area contributed by atoms with Crippen LogP contribution in [0.3, 0.4) is 0 Å². The molecule has 2 fully saturated rings. The van der Waals surface area contributed by atoms with Crippen molar-refractivity contribution in [1.82, 2.24) is 14.7 Å². The lowest BCUT2D eigenvalue weighted by molar-refractivity contribution is 0.00988. The Morgan fingerprint density at radius 2 is 1.89 bits per heavy atom. The summed E-state index contributed by atoms with van der Waals surface area (Å²) >= 11 is 0. The van der Waals surface area contributed by atoms with Crippen LogP contribution in [-0.2, 0) is 6.54 Å². The average molecular weight is 390 g/mol. The number of hydrogen-bond donors (Lipinski definition) is 1. The van der Waals surface area contributed by atoms with Crippen LogP contribution in [-0.4, -0.2) is 84.4 Å². The molecule has 0 amide bonds. The summed E-state index contributed by atoms with van der Waals surface area (Å²) in [5.41, 5.74) is 2.52. The molecule has 1 aromatic rings. The van der Waals surface area contributed by atoms with Gasteiger partial charge in [-0.3, -0.25) is 9.80 Å². The third-order valence-electron chi connectivity index (χ3n) is 6.69. The molecule has 3 rings (SSSR count). The highest BCUT2D eigenvalue weighted by molar-refractivity contribution is 5.36. The summed E-state index contributed by atoms with van der Waals surface area (Å²) in [4.78, 5) is 7.87. The molecule has 0 radical (unpaired) electrons. The topological polar surface area (TPSA) is 39.2 Å². The minimum atomic E-state index is 0.266. The van der Waals surface area contributed by atoms with E-state index in [4.69, 9.17) is 4.74 Å². The quantitative estimate of drug-likeness (QED) is 0.776. The summed E-state index contributed by atoms with van der Waals surface area (Å²) in [6, 6.07) is 8.29. The van der Waals surface area contributed by atoms with Crippen molar-refractivity contribution in [3.05, 3.63) is 29.3 Å². The van der Waals surface area contributed by atoms with E-state index in [2.05, 4.69) is 53.7 Å². The van der Waals surface area contributed by atoms with Crippen LogP contribution in [0.2, 0.25) is 0 Å². The van der Waals surface area contributed by atoms with Crippen LogP contribution in [0.4, 0.5) is 0 Å². The second kappa shape index (κ2) is 10.1. The Morgan fingerprint density at radius 1 is 1.14 bits per heavy atom. The molecule has 5 nitrogen and oxygen atoms in total. The predicted octanol–water partition coefficient (Wildman–Crippen LogP) is 2.75. The summed E-state index contributed by atoms with van der Waals surface area (Å²) in [7, 11) is 1.73. The van der Waals surface area contributed by atoms with Crippen molar-refractivity contribution >= 4 is 0 Å². The highest BCUT2D eigenvalue weighted by atomic mass is 16.5. The molecule has 1 N–H and O–H groups in total. The van der Waals surface area contributed by atoms with Crippen LogP contribution in [0.15, 0.2) is 18.2 Å². The van der Waals surface area contributed by atoms with E-state index in [-0.39, 0.29) is 6.61 Å². The summed E-state index contributed by atoms with van der Waals surface area (Å²) in [5.74, 6) is 0.952. The van der Waals surface area contributed by atoms with E-state index < -0.39 is 0 Å². The van der Waals surface area contributed by atoms with E-state index in [0.717, 1.165) is 38.3 Å². The molecule has 2 heterocycles. The number of ether oxygens (including phenoxy) is 1. The van der Waals surface area contributed by atoms with Gasteiger partial charge in [-0.25, -0.2) is 0 Å². The van der Waals surface area contributed by atoms with Crippen LogP contribution in [0.25, 0.3) is 0 Å². The summed E-state index contributed by atoms with van der Waals surface area (Å²) in [6.45, 7) is 13.7. The van der Waals surface area contributed by atoms with Crippen molar-refractivity contribution in [1.29, 1.82) is 0 Å². The lowest BCUT2D eigenvalue weighted by Gasteiger charge is -2.47. The number of likely N-dealkylation sites (tertiary alicyclic amines) is 1. The number of nitrogens with zero attached hydrogens (tertiary/aromatic N) is 3. The normalized spacial score (nSPS) is 23.4. The highest BCUT2D eigenvalue weighted by Gasteiger charge is 2.32. The van der Waals surface area contributed by atoms with Crippen LogP contribution in [0.5, 0.6) is 5.75 Å². The third kappa shape index (κ3) is 5.26. The fourth-order valence-electron chi connectivity index (χ4n) is 4.92. The third-order valence-corrected chi connectivity index (χ3v) is 6.69. The second-order valence-corrected chi connectivity index (χ2v) is 8.80. The van der Waals surface area contributed by atoms with Gasteiger partial charge >= 0.3 is 0 Å². The van der Waals surface area contributed by atoms with Gasteiger partial charge in [0.1, 0.15) is 5.75 Å². The average Bonchev–Trinajstić information content (AvgIpc) is 2.70. The Balaban J connectivity index is 1.59. The van der Waals surface area contributed by atoms with Gasteiger partial charge in [-0.15, -0.1) is 0 Å². The summed E-state index contributed by atoms with van der Waals surface area (Å²) < 4.78 is 5.40. The zero-order valence-corrected chi connectivity index (χ0v) is 18.2. The molecular weight excluding hydrogens is 350 g/mol. The fraction of sp³-hybridized carbons (Fsp3) is 0.739. The zero-order chi connectivity index (χ0) is 20.1. The van der Waals surface area contributed by atoms with E-state index in [1.54, 1.807) is 7.11 Å². The maximum absolute atomic E-state index is 9.64. The maximum Gasteiger partial charge on any atom is 0.121 e. The Kier molecular flexibility index (Phi) is 7.75. The van der Waals surface area contributed by atoms with Crippen LogP contribution in [0, 0.1) is 6.92 Å². The first-order chi connectivity index (χ1) is 13.5. The van der Waals surface area contributed by atoms with Gasteiger partial charge in [0, 0.05) is 50.9 Å². The van der Waals surface area contributed by atoms with Crippen molar-refractivity contribution in [2.24, 2.45) is 0 Å². The van der Waals surface area contributed by atoms with Gasteiger partial charge in [0.25, 0.3) is 0 Å². The lowest BCUT2D eigenvalue weighted by atomic mass is 9.98. The molecule has 1 atom stereocenters. The number of aryl methyl sites for hydroxylation is 1. The molecule has 28 heavy (non-hydrogen) atoms. The number of aliphatic hydroxyl groups excluding tert-OH is 1. The number of hydrogen-bond acceptors (Lipinski definition) is 5. The second-order valence-electron chi connectivity index (χ2n) is 8.80. The Bertz CT molecular complexity index is 614. The van der Waals surface area contributed by atoms with Crippen LogP contribution < -0.4 is 4.74 Å². The molecule has 158 valence electrons. The number of methoxy groups -OCH3 is 1. The molecule has 0 unspecified atom stereocenters. The van der Waals surface area contributed by atoms with Crippen molar-refractivity contribution in [3.8, 4) is 5.75 Å². The largest absolute Gasteiger partial charge is 0.496 e. The Labute approximate surface area is 171 Å². The van der Waals surface area contributed by atoms with Crippen molar-refractivity contribution < 1.29 is 9.84 Å². The predicted molar refractivity (Wildman–Crippen MR) is 115 cm³/mol. The van der Waals surface area contributed by atoms with E-state index in [9.17, 15) is 5.11 Å². The summed E-state index contributed by atoms with van der Waals surface area (Å²) in [6.07, 6.45) is 3.42. The zero-order valence-electron chi connectivity index (χ0n) is 18.2. The molecule has 5 heteroatoms. The molecule has 2 saturated heterocycles. The number of aliphatic hydroxyl groups is 1. The molecular formula is C23H39N3O2. The van der Waals surface area contributed by atoms with E-state index >= 15 is 0 Å². The van der Waals surface area contributed by atoms with Gasteiger partial charge in [-0.1, -0.05) is 12.1 Å². The number of piperazine rings is 1. The van der Waals surface area contributed by atoms with Crippen LogP contribution in [0.1, 0.15) is 44.2 Å². The van der Waals surface area contributed by atoms with E-state index in [1.165, 1.54) is 37.1 Å². The first-order valence-electron chi connectivity index (χ1n) is 11.0. The van der Waals surface area contributed by atoms with Crippen molar-refractivity contribution in [2.75, 3.05) is 46.4 Å². The maximum atomic E-state index is 9.64. The minimum absolute atomic E-state index is 0.266. The standard InChI is InChI=1S/C23H39N3O2/c1-18(2)24-10-7-21(8-11-24)26-13-12-25(22(17-26)9-14-27)16-20-5-6-23(28-4)19(3)15-20/h5-6,15,18,21-22,27H,7-14,16-17H2,1-4H3/t22-/m1/s1. The first kappa shape index (κ1) is 21.6. The molecule has 0 aromatic heterocycles. The van der Waals surface area contributed by atoms with Crippen molar-refractivity contribution in [2.45, 2.75) is 64.7 Å². The Hall–Kier alpha value is -1.14. The highest BCUT2D eigenvalue weighted by Crippen LogP contribution is 2.25. The number of rotatable bonds is 7. The fourth-order valence-corrected chi connectivity index (χ4v) is 4.92. The van der Waals surface area contributed by atoms with Gasteiger partial charge in [0.15, 0.2) is 0 Å². The SMILES string of the molecule is COc1ccc(CN2CCN(C3CCN(C(C)C)CC3)C[C@H]2CCO)cc1C. The van der Waals surface area contributed by atoms with Gasteiger partial charge in [-0.2, -0.15) is 0 Å². The van der Waals surface area contributed by atoms with Gasteiger partial charge in [-0.05, 0) is 70.3 Å². The van der Waals surface area contributed by atoms with E-state index in [1.807, 2.05) is 0 Å². The monoisotopic (exact) mass is 389 g/mol. The molecule has 1 aromatic carbocycles. The lowest BCUT2D eigenvalue weighted by Crippen LogP contribution is -2.57. The first-order valence-corrected chi connectivity index (χ1v) is 11.0. The molecule has 2 aliphatic heterocycles. The van der Waals surface area contributed by atoms with Crippen molar-refractivity contribution in [3.63, 3.8) is 0 Å². The molecule has 2 aliphatic rings. The van der Waals surface area contributed by atoms with Gasteiger partial charge < -0.3 is 14.7 Å². The number of piperidine rings is 1. The molecule has 0 spiro atoms. The van der Waals surface area contributed by atoms with E-state index in [0.29, 0.717) is 18.1 Å².